The van der Waals surface area contributed by atoms with Crippen molar-refractivity contribution < 1.29 is 89.8 Å². The number of methoxy groups -OCH3 is 2. The number of esters is 3. The molecule has 1 amide bonds. The molecule has 2 N–H and O–H groups in total. The average molecular weight is 1320 g/mol. The van der Waals surface area contributed by atoms with Gasteiger partial charge in [0.05, 0.1) is 106 Å². The molecule has 1 aromatic heterocycles. The molecule has 0 bridgehead atoms. The van der Waals surface area contributed by atoms with Crippen LogP contribution < -0.4 is 26.0 Å². The zero-order chi connectivity index (χ0) is 67.5. The highest BCUT2D eigenvalue weighted by atomic mass is 31.2. The van der Waals surface area contributed by atoms with Gasteiger partial charge in [0.2, 0.25) is 5.91 Å². The van der Waals surface area contributed by atoms with Crippen molar-refractivity contribution in [1.82, 2.24) is 24.4 Å². The Balaban J connectivity index is 1.13. The summed E-state index contributed by atoms with van der Waals surface area (Å²) >= 11 is 0. The number of morpholine rings is 1. The predicted molar refractivity (Wildman–Crippen MR) is 338 cm³/mol. The fraction of sp³-hybridized carbons (Fsp3) is 0.585. The first-order chi connectivity index (χ1) is 44.6. The van der Waals surface area contributed by atoms with Gasteiger partial charge >= 0.3 is 23.6 Å². The summed E-state index contributed by atoms with van der Waals surface area (Å²) in [6, 6.07) is 26.2. The average Bonchev–Trinajstić information content (AvgIpc) is 0.761. The Bertz CT molecular complexity index is 3060. The molecule has 512 valence electrons. The number of amides is 1. The molecule has 2 aliphatic heterocycles. The molecular formula is C65H91N6O21P. The van der Waals surface area contributed by atoms with E-state index in [1.807, 2.05) is 78.9 Å². The fourth-order valence-electron chi connectivity index (χ4n) is 10.8. The van der Waals surface area contributed by atoms with E-state index in [1.54, 1.807) is 21.1 Å². The van der Waals surface area contributed by atoms with Crippen molar-refractivity contribution >= 4 is 32.3 Å². The maximum absolute atomic E-state index is 13.9. The second-order valence-electron chi connectivity index (χ2n) is 22.6. The summed E-state index contributed by atoms with van der Waals surface area (Å²) in [5, 5.41) is 12.2. The minimum atomic E-state index is -1.81. The molecule has 93 heavy (non-hydrogen) atoms. The molecule has 0 saturated carbocycles. The highest BCUT2D eigenvalue weighted by molar-refractivity contribution is 7.44. The molecule has 6 rings (SSSR count). The largest absolute Gasteiger partial charge is 0.497 e. The van der Waals surface area contributed by atoms with Crippen molar-refractivity contribution in [2.24, 2.45) is 0 Å². The molecule has 1 unspecified atom stereocenters. The number of hydrogen-bond acceptors (Lipinski definition) is 24. The molecule has 3 heterocycles. The van der Waals surface area contributed by atoms with E-state index in [9.17, 15) is 34.0 Å². The van der Waals surface area contributed by atoms with Gasteiger partial charge in [0, 0.05) is 71.2 Å². The molecular weight excluding hydrogens is 1230 g/mol. The molecule has 8 atom stereocenters. The minimum absolute atomic E-state index is 0.0256. The lowest BCUT2D eigenvalue weighted by Crippen LogP contribution is -2.66. The number of ether oxygens (including phenoxy) is 13. The van der Waals surface area contributed by atoms with Crippen LogP contribution in [0.2, 0.25) is 0 Å². The fourth-order valence-corrected chi connectivity index (χ4v) is 12.5. The van der Waals surface area contributed by atoms with Crippen LogP contribution in [-0.4, -0.2) is 211 Å². The summed E-state index contributed by atoms with van der Waals surface area (Å²) in [5.74, 6) is -1.28. The van der Waals surface area contributed by atoms with Gasteiger partial charge in [0.1, 0.15) is 41.5 Å². The van der Waals surface area contributed by atoms with E-state index in [1.165, 1.54) is 24.6 Å². The molecule has 0 aliphatic carbocycles. The first-order valence-electron chi connectivity index (χ1n) is 30.9. The Kier molecular flexibility index (Phi) is 30.7. The summed E-state index contributed by atoms with van der Waals surface area (Å²) in [7, 11) is 1.40. The molecule has 28 heteroatoms. The number of benzene rings is 3. The Hall–Kier alpha value is -6.74. The van der Waals surface area contributed by atoms with E-state index in [4.69, 9.17) is 70.6 Å². The number of nitrogens with zero attached hydrogens (tertiary/aromatic N) is 4. The summed E-state index contributed by atoms with van der Waals surface area (Å²) in [6.07, 6.45) is -4.19. The molecule has 4 aromatic rings. The smallest absolute Gasteiger partial charge is 0.330 e. The van der Waals surface area contributed by atoms with Crippen LogP contribution in [-0.2, 0) is 85.9 Å². The van der Waals surface area contributed by atoms with Gasteiger partial charge in [-0.1, -0.05) is 54.6 Å². The van der Waals surface area contributed by atoms with Crippen molar-refractivity contribution in [3.8, 4) is 17.6 Å². The van der Waals surface area contributed by atoms with Crippen LogP contribution in [0, 0.1) is 18.3 Å². The lowest BCUT2D eigenvalue weighted by Gasteiger charge is -2.48. The van der Waals surface area contributed by atoms with Gasteiger partial charge in [-0.25, -0.2) is 9.46 Å². The normalized spacial score (nSPS) is 20.4. The number of hydrogen-bond donors (Lipinski definition) is 2. The number of aryl methyl sites for hydroxylation is 1. The van der Waals surface area contributed by atoms with E-state index in [0.717, 1.165) is 30.5 Å². The first-order valence-corrected chi connectivity index (χ1v) is 32.0. The lowest BCUT2D eigenvalue weighted by atomic mass is 9.79. The quantitative estimate of drug-likeness (QED) is 0.0184. The van der Waals surface area contributed by atoms with Crippen LogP contribution in [0.5, 0.6) is 11.5 Å². The molecule has 3 aromatic carbocycles. The molecule has 2 fully saturated rings. The molecule has 2 aliphatic rings. The molecule has 2 saturated heterocycles. The number of H-pyrrole nitrogens is 1. The highest BCUT2D eigenvalue weighted by Crippen LogP contribution is 2.49. The maximum atomic E-state index is 13.9. The van der Waals surface area contributed by atoms with Crippen molar-refractivity contribution in [2.45, 2.75) is 129 Å². The second kappa shape index (κ2) is 38.0. The Morgan fingerprint density at radius 3 is 1.81 bits per heavy atom. The minimum Gasteiger partial charge on any atom is -0.497 e. The number of aromatic nitrogens is 2. The van der Waals surface area contributed by atoms with Gasteiger partial charge in [-0.2, -0.15) is 5.26 Å². The Labute approximate surface area is 544 Å². The van der Waals surface area contributed by atoms with Gasteiger partial charge in [-0.3, -0.25) is 38.4 Å². The van der Waals surface area contributed by atoms with Crippen LogP contribution in [0.3, 0.4) is 0 Å². The third-order valence-corrected chi connectivity index (χ3v) is 16.9. The predicted octanol–water partition coefficient (Wildman–Crippen LogP) is 5.47. The number of carbonyl (C=O) groups excluding carboxylic acids is 4. The van der Waals surface area contributed by atoms with E-state index in [-0.39, 0.29) is 117 Å². The van der Waals surface area contributed by atoms with Crippen LogP contribution in [0.1, 0.15) is 90.3 Å². The molecule has 0 spiro atoms. The van der Waals surface area contributed by atoms with Crippen LogP contribution in [0.15, 0.2) is 94.6 Å². The maximum Gasteiger partial charge on any atom is 0.330 e. The SMILES string of the molecule is COc1ccc(C(OC[C@]2(COP(OCCC#N)N(C(C)C)C(C)C)CN(CCOCCOCCOCCOCCO[C@@H]3O[C@H](COC(C)=O)[C@H](OC(C)=O)[C@H](OC(C)=O)[C@H]3NC(C)=O)C[C@H](n3cc(C)c(=O)[nH]c3=O)O2)(c2ccccc2)c2ccc(OC)cc2)cc1. The summed E-state index contributed by atoms with van der Waals surface area (Å²) in [6.45, 7) is 16.5. The molecule has 0 radical (unpaired) electrons. The van der Waals surface area contributed by atoms with Gasteiger partial charge in [-0.05, 0) is 75.6 Å². The number of carbonyl (C=O) groups is 4. The number of nitriles is 1. The first kappa shape index (κ1) is 75.3. The van der Waals surface area contributed by atoms with Crippen molar-refractivity contribution in [3.63, 3.8) is 0 Å². The third kappa shape index (κ3) is 22.4. The van der Waals surface area contributed by atoms with Crippen molar-refractivity contribution in [3.05, 3.63) is 128 Å². The van der Waals surface area contributed by atoms with Crippen molar-refractivity contribution in [2.75, 3.05) is 120 Å². The highest BCUT2D eigenvalue weighted by Gasteiger charge is 2.52. The van der Waals surface area contributed by atoms with Crippen LogP contribution in [0.25, 0.3) is 0 Å². The topological polar surface area (TPSA) is 304 Å². The van der Waals surface area contributed by atoms with Gasteiger partial charge in [0.25, 0.3) is 14.1 Å². The summed E-state index contributed by atoms with van der Waals surface area (Å²) in [4.78, 5) is 79.5. The zero-order valence-corrected chi connectivity index (χ0v) is 55.9. The van der Waals surface area contributed by atoms with E-state index in [2.05, 4.69) is 53.6 Å². The van der Waals surface area contributed by atoms with Gasteiger partial charge in [0.15, 0.2) is 24.7 Å². The summed E-state index contributed by atoms with van der Waals surface area (Å²) in [5.41, 5.74) is -1.23. The van der Waals surface area contributed by atoms with Crippen LogP contribution in [0.4, 0.5) is 0 Å². The third-order valence-electron chi connectivity index (χ3n) is 14.8. The Morgan fingerprint density at radius 2 is 1.28 bits per heavy atom. The van der Waals surface area contributed by atoms with E-state index in [0.29, 0.717) is 23.6 Å². The lowest BCUT2D eigenvalue weighted by molar-refractivity contribution is -0.279. The summed E-state index contributed by atoms with van der Waals surface area (Å²) < 4.78 is 94.5. The van der Waals surface area contributed by atoms with E-state index < -0.39 is 91.7 Å². The number of nitrogens with one attached hydrogen (secondary N) is 2. The molecule has 27 nitrogen and oxygen atoms in total. The monoisotopic (exact) mass is 1320 g/mol. The Morgan fingerprint density at radius 1 is 0.731 bits per heavy atom. The standard InChI is InChI=1S/C65H91N6O21P/c1-44(2)71(45(3)4)93(87-28-15-26-66)88-43-64(42-86-65(51-16-13-12-14-17-51,52-18-22-54(78-10)23-19-52)53-20-24-55(79-11)25-21-53)41-69(39-57(92-64)70-38-46(5)61(76)68-63(70)77)27-29-80-30-31-81-32-33-82-34-35-83-36-37-84-62-58(67-47(6)72)60(90-50(9)75)59(89-49(8)74)56(91-62)40-85-48(7)73/h12-14,16-25,38,44-45,56-60,62H,15,27-37,39-43H2,1-11H3,(H,67,72)(H,68,76,77)/t56-,57-,58-,59+,60-,62-,64+,93?/m1/s1. The van der Waals surface area contributed by atoms with Gasteiger partial charge < -0.3 is 75.9 Å². The van der Waals surface area contributed by atoms with Gasteiger partial charge in [-0.15, -0.1) is 0 Å². The second-order valence-corrected chi connectivity index (χ2v) is 24.1. The van der Waals surface area contributed by atoms with Crippen molar-refractivity contribution in [1.29, 1.82) is 5.26 Å². The van der Waals surface area contributed by atoms with E-state index >= 15 is 0 Å². The zero-order valence-electron chi connectivity index (χ0n) is 55.0. The number of aromatic amines is 1. The number of rotatable bonds is 39. The van der Waals surface area contributed by atoms with Crippen LogP contribution >= 0.6 is 8.53 Å².